The van der Waals surface area contributed by atoms with Crippen LogP contribution in [0.15, 0.2) is 24.3 Å². The molecule has 4 nitrogen and oxygen atoms in total. The van der Waals surface area contributed by atoms with E-state index in [0.717, 1.165) is 11.1 Å². The number of nitrogens with two attached hydrogens (primary N) is 1. The van der Waals surface area contributed by atoms with E-state index in [2.05, 4.69) is 0 Å². The third kappa shape index (κ3) is 2.18. The largest absolute Gasteiger partial charge is 0.390 e. The average molecular weight is 234 g/mol. The van der Waals surface area contributed by atoms with Gasteiger partial charge in [-0.05, 0) is 18.1 Å². The number of hydrogen-bond donors (Lipinski definition) is 2. The van der Waals surface area contributed by atoms with Crippen molar-refractivity contribution >= 4 is 5.91 Å². The third-order valence-corrected chi connectivity index (χ3v) is 3.27. The van der Waals surface area contributed by atoms with E-state index in [-0.39, 0.29) is 18.4 Å². The lowest BCUT2D eigenvalue weighted by atomic mass is 10.00. The Bertz CT molecular complexity index is 420. The number of amides is 1. The summed E-state index contributed by atoms with van der Waals surface area (Å²) in [6, 6.07) is 7.55. The second-order valence-electron chi connectivity index (χ2n) is 4.35. The van der Waals surface area contributed by atoms with Crippen LogP contribution in [0.1, 0.15) is 30.5 Å². The van der Waals surface area contributed by atoms with Gasteiger partial charge in [-0.3, -0.25) is 4.79 Å². The van der Waals surface area contributed by atoms with E-state index in [1.807, 2.05) is 31.2 Å². The van der Waals surface area contributed by atoms with Gasteiger partial charge >= 0.3 is 0 Å². The van der Waals surface area contributed by atoms with Gasteiger partial charge in [0.2, 0.25) is 5.91 Å². The SMILES string of the molecule is CCN1C(=O)CC(O)C1c1cccc(CN)c1. The maximum absolute atomic E-state index is 11.7. The fourth-order valence-corrected chi connectivity index (χ4v) is 2.45. The van der Waals surface area contributed by atoms with Crippen LogP contribution >= 0.6 is 0 Å². The van der Waals surface area contributed by atoms with Gasteiger partial charge < -0.3 is 15.7 Å². The molecule has 1 heterocycles. The highest BCUT2D eigenvalue weighted by molar-refractivity contribution is 5.80. The van der Waals surface area contributed by atoms with Crippen molar-refractivity contribution < 1.29 is 9.90 Å². The number of aliphatic hydroxyl groups excluding tert-OH is 1. The number of benzene rings is 1. The predicted octanol–water partition coefficient (Wildman–Crippen LogP) is 0.800. The molecule has 0 aromatic heterocycles. The van der Waals surface area contributed by atoms with Crippen LogP contribution in [0.3, 0.4) is 0 Å². The van der Waals surface area contributed by atoms with Crippen molar-refractivity contribution in [3.63, 3.8) is 0 Å². The Balaban J connectivity index is 2.33. The van der Waals surface area contributed by atoms with Gasteiger partial charge in [0.05, 0.1) is 18.6 Å². The van der Waals surface area contributed by atoms with Crippen LogP contribution < -0.4 is 5.73 Å². The lowest BCUT2D eigenvalue weighted by molar-refractivity contribution is -0.128. The van der Waals surface area contributed by atoms with Crippen LogP contribution in [0.4, 0.5) is 0 Å². The zero-order chi connectivity index (χ0) is 12.4. The second kappa shape index (κ2) is 4.85. The van der Waals surface area contributed by atoms with E-state index in [9.17, 15) is 9.90 Å². The van der Waals surface area contributed by atoms with Crippen LogP contribution in [0.5, 0.6) is 0 Å². The van der Waals surface area contributed by atoms with E-state index in [4.69, 9.17) is 5.73 Å². The summed E-state index contributed by atoms with van der Waals surface area (Å²) in [4.78, 5) is 13.4. The molecule has 17 heavy (non-hydrogen) atoms. The first-order chi connectivity index (χ1) is 8.17. The Labute approximate surface area is 101 Å². The van der Waals surface area contributed by atoms with E-state index >= 15 is 0 Å². The van der Waals surface area contributed by atoms with Gasteiger partial charge in [0.15, 0.2) is 0 Å². The summed E-state index contributed by atoms with van der Waals surface area (Å²) in [7, 11) is 0. The van der Waals surface area contributed by atoms with Crippen molar-refractivity contribution in [2.75, 3.05) is 6.54 Å². The molecule has 1 aliphatic rings. The number of carbonyl (C=O) groups excluding carboxylic acids is 1. The number of aliphatic hydroxyl groups is 1. The van der Waals surface area contributed by atoms with Crippen molar-refractivity contribution in [2.24, 2.45) is 5.73 Å². The first-order valence-electron chi connectivity index (χ1n) is 5.93. The first-order valence-corrected chi connectivity index (χ1v) is 5.93. The normalized spacial score (nSPS) is 24.4. The van der Waals surface area contributed by atoms with Crippen LogP contribution in [-0.4, -0.2) is 28.6 Å². The minimum absolute atomic E-state index is 0.0168. The van der Waals surface area contributed by atoms with Crippen molar-refractivity contribution in [3.8, 4) is 0 Å². The van der Waals surface area contributed by atoms with Gasteiger partial charge in [-0.15, -0.1) is 0 Å². The van der Waals surface area contributed by atoms with Gasteiger partial charge in [0.25, 0.3) is 0 Å². The predicted molar refractivity (Wildman–Crippen MR) is 65.1 cm³/mol. The molecule has 0 spiro atoms. The fourth-order valence-electron chi connectivity index (χ4n) is 2.45. The van der Waals surface area contributed by atoms with Crippen LogP contribution in [0, 0.1) is 0 Å². The number of hydrogen-bond acceptors (Lipinski definition) is 3. The number of likely N-dealkylation sites (N-methyl/N-ethyl adjacent to an activating group) is 1. The molecule has 1 aliphatic heterocycles. The van der Waals surface area contributed by atoms with Gasteiger partial charge in [0.1, 0.15) is 0 Å². The number of rotatable bonds is 3. The van der Waals surface area contributed by atoms with Crippen LogP contribution in [0.2, 0.25) is 0 Å². The Kier molecular flexibility index (Phi) is 3.45. The molecule has 3 N–H and O–H groups in total. The van der Waals surface area contributed by atoms with E-state index < -0.39 is 6.10 Å². The molecule has 1 saturated heterocycles. The van der Waals surface area contributed by atoms with Crippen molar-refractivity contribution in [1.82, 2.24) is 4.90 Å². The summed E-state index contributed by atoms with van der Waals surface area (Å²) >= 11 is 0. The molecular formula is C13H18N2O2. The topological polar surface area (TPSA) is 66.6 Å². The molecule has 1 amide bonds. The molecule has 92 valence electrons. The van der Waals surface area contributed by atoms with Gasteiger partial charge in [-0.1, -0.05) is 24.3 Å². The average Bonchev–Trinajstić information content (AvgIpc) is 2.63. The molecule has 4 heteroatoms. The van der Waals surface area contributed by atoms with Crippen molar-refractivity contribution in [3.05, 3.63) is 35.4 Å². The molecule has 0 radical (unpaired) electrons. The summed E-state index contributed by atoms with van der Waals surface area (Å²) in [6.07, 6.45) is -0.402. The molecule has 0 saturated carbocycles. The Morgan fingerprint density at radius 2 is 2.29 bits per heavy atom. The summed E-state index contributed by atoms with van der Waals surface area (Å²) in [6.45, 7) is 3.01. The molecule has 1 aromatic rings. The summed E-state index contributed by atoms with van der Waals surface area (Å²) in [5.41, 5.74) is 7.59. The smallest absolute Gasteiger partial charge is 0.225 e. The molecule has 2 rings (SSSR count). The Morgan fingerprint density at radius 3 is 2.94 bits per heavy atom. The van der Waals surface area contributed by atoms with Crippen molar-refractivity contribution in [1.29, 1.82) is 0 Å². The third-order valence-electron chi connectivity index (χ3n) is 3.27. The maximum atomic E-state index is 11.7. The minimum Gasteiger partial charge on any atom is -0.390 e. The van der Waals surface area contributed by atoms with E-state index in [1.165, 1.54) is 0 Å². The van der Waals surface area contributed by atoms with Crippen LogP contribution in [0.25, 0.3) is 0 Å². The van der Waals surface area contributed by atoms with Crippen LogP contribution in [-0.2, 0) is 11.3 Å². The summed E-state index contributed by atoms with van der Waals surface area (Å²) in [5.74, 6) is 0.0168. The number of nitrogens with zero attached hydrogens (tertiary/aromatic N) is 1. The highest BCUT2D eigenvalue weighted by Crippen LogP contribution is 2.33. The molecule has 2 unspecified atom stereocenters. The van der Waals surface area contributed by atoms with Gasteiger partial charge in [-0.2, -0.15) is 0 Å². The van der Waals surface area contributed by atoms with Gasteiger partial charge in [-0.25, -0.2) is 0 Å². The maximum Gasteiger partial charge on any atom is 0.225 e. The lowest BCUT2D eigenvalue weighted by Crippen LogP contribution is -2.29. The number of carbonyl (C=O) groups is 1. The molecule has 1 aromatic carbocycles. The van der Waals surface area contributed by atoms with Crippen molar-refractivity contribution in [2.45, 2.75) is 32.0 Å². The van der Waals surface area contributed by atoms with E-state index in [1.54, 1.807) is 4.90 Å². The quantitative estimate of drug-likeness (QED) is 0.813. The van der Waals surface area contributed by atoms with Gasteiger partial charge in [0, 0.05) is 13.1 Å². The highest BCUT2D eigenvalue weighted by Gasteiger charge is 2.38. The standard InChI is InChI=1S/C13H18N2O2/c1-2-15-12(17)7-11(16)13(15)10-5-3-4-9(6-10)8-14/h3-6,11,13,16H,2,7-8,14H2,1H3. The lowest BCUT2D eigenvalue weighted by Gasteiger charge is -2.25. The molecule has 2 atom stereocenters. The Hall–Kier alpha value is -1.39. The summed E-state index contributed by atoms with van der Waals surface area (Å²) < 4.78 is 0. The number of likely N-dealkylation sites (tertiary alicyclic amines) is 1. The zero-order valence-electron chi connectivity index (χ0n) is 9.97. The second-order valence-corrected chi connectivity index (χ2v) is 4.35. The fraction of sp³-hybridized carbons (Fsp3) is 0.462. The molecule has 1 fully saturated rings. The van der Waals surface area contributed by atoms with E-state index in [0.29, 0.717) is 13.1 Å². The molecule has 0 aliphatic carbocycles. The first kappa shape index (κ1) is 12.1. The Morgan fingerprint density at radius 1 is 1.53 bits per heavy atom. The summed E-state index contributed by atoms with van der Waals surface area (Å²) in [5, 5.41) is 9.98. The molecule has 0 bridgehead atoms. The highest BCUT2D eigenvalue weighted by atomic mass is 16.3. The zero-order valence-corrected chi connectivity index (χ0v) is 9.97. The monoisotopic (exact) mass is 234 g/mol. The molecular weight excluding hydrogens is 216 g/mol. The minimum atomic E-state index is -0.615.